The van der Waals surface area contributed by atoms with Gasteiger partial charge in [-0.05, 0) is 18.3 Å². The Hall–Kier alpha value is -1.85. The second-order valence-electron chi connectivity index (χ2n) is 7.36. The van der Waals surface area contributed by atoms with Gasteiger partial charge in [-0.1, -0.05) is 47.5 Å². The van der Waals surface area contributed by atoms with Crippen LogP contribution in [0.2, 0.25) is 0 Å². The van der Waals surface area contributed by atoms with Crippen molar-refractivity contribution in [3.63, 3.8) is 0 Å². The lowest BCUT2D eigenvalue weighted by molar-refractivity contribution is -0.132. The first kappa shape index (κ1) is 21.2. The molecule has 0 atom stereocenters. The standard InChI is InChI=1S/C19H33N3O3/c1-6-7-8-9-18(23)22(11-15(4)5)12-17-21-16(13-25-17)19(24)20-10-14(2)3/h13-15H,6-12H2,1-5H3,(H,20,24). The van der Waals surface area contributed by atoms with Crippen LogP contribution >= 0.6 is 0 Å². The Kier molecular flexibility index (Phi) is 9.24. The quantitative estimate of drug-likeness (QED) is 0.618. The highest BCUT2D eigenvalue weighted by Gasteiger charge is 2.19. The summed E-state index contributed by atoms with van der Waals surface area (Å²) in [6.45, 7) is 11.9. The molecule has 0 spiro atoms. The van der Waals surface area contributed by atoms with Crippen molar-refractivity contribution in [3.05, 3.63) is 17.8 Å². The van der Waals surface area contributed by atoms with Crippen molar-refractivity contribution in [2.24, 2.45) is 11.8 Å². The number of unbranched alkanes of at least 4 members (excludes halogenated alkanes) is 2. The average molecular weight is 351 g/mol. The summed E-state index contributed by atoms with van der Waals surface area (Å²) in [5, 5.41) is 2.81. The highest BCUT2D eigenvalue weighted by Crippen LogP contribution is 2.12. The minimum Gasteiger partial charge on any atom is -0.446 e. The topological polar surface area (TPSA) is 75.4 Å². The number of nitrogens with zero attached hydrogens (tertiary/aromatic N) is 2. The van der Waals surface area contributed by atoms with E-state index in [1.165, 1.54) is 6.26 Å². The largest absolute Gasteiger partial charge is 0.446 e. The van der Waals surface area contributed by atoms with Crippen LogP contribution in [0.5, 0.6) is 0 Å². The van der Waals surface area contributed by atoms with Crippen molar-refractivity contribution in [2.45, 2.75) is 66.8 Å². The fraction of sp³-hybridized carbons (Fsp3) is 0.737. The Morgan fingerprint density at radius 2 is 1.92 bits per heavy atom. The first-order valence-corrected chi connectivity index (χ1v) is 9.33. The molecule has 1 heterocycles. The zero-order valence-corrected chi connectivity index (χ0v) is 16.3. The van der Waals surface area contributed by atoms with Gasteiger partial charge in [0.1, 0.15) is 6.26 Å². The van der Waals surface area contributed by atoms with Gasteiger partial charge in [0.2, 0.25) is 11.8 Å². The highest BCUT2D eigenvalue weighted by molar-refractivity contribution is 5.91. The van der Waals surface area contributed by atoms with Gasteiger partial charge in [0.05, 0.1) is 6.54 Å². The summed E-state index contributed by atoms with van der Waals surface area (Å²) < 4.78 is 5.41. The molecule has 0 unspecified atom stereocenters. The third-order valence-electron chi connectivity index (χ3n) is 3.71. The molecule has 1 aromatic rings. The van der Waals surface area contributed by atoms with Crippen LogP contribution in [0.25, 0.3) is 0 Å². The van der Waals surface area contributed by atoms with Gasteiger partial charge < -0.3 is 14.6 Å². The molecule has 1 aromatic heterocycles. The maximum Gasteiger partial charge on any atom is 0.273 e. The number of aromatic nitrogens is 1. The molecule has 6 heteroatoms. The summed E-state index contributed by atoms with van der Waals surface area (Å²) in [4.78, 5) is 30.5. The van der Waals surface area contributed by atoms with Crippen LogP contribution in [0.3, 0.4) is 0 Å². The minimum atomic E-state index is -0.242. The van der Waals surface area contributed by atoms with Gasteiger partial charge >= 0.3 is 0 Å². The van der Waals surface area contributed by atoms with Crippen LogP contribution in [0.4, 0.5) is 0 Å². The van der Waals surface area contributed by atoms with Crippen molar-refractivity contribution >= 4 is 11.8 Å². The smallest absolute Gasteiger partial charge is 0.273 e. The Bertz CT molecular complexity index is 538. The van der Waals surface area contributed by atoms with Crippen LogP contribution in [0, 0.1) is 11.8 Å². The molecule has 0 bridgehead atoms. The van der Waals surface area contributed by atoms with Crippen LogP contribution in [-0.4, -0.2) is 34.8 Å². The van der Waals surface area contributed by atoms with Crippen LogP contribution in [-0.2, 0) is 11.3 Å². The zero-order chi connectivity index (χ0) is 18.8. The number of carbonyl (C=O) groups is 2. The lowest BCUT2D eigenvalue weighted by Gasteiger charge is -2.23. The van der Waals surface area contributed by atoms with E-state index in [4.69, 9.17) is 4.42 Å². The third-order valence-corrected chi connectivity index (χ3v) is 3.71. The van der Waals surface area contributed by atoms with E-state index in [2.05, 4.69) is 31.1 Å². The summed E-state index contributed by atoms with van der Waals surface area (Å²) in [7, 11) is 0. The average Bonchev–Trinajstić information content (AvgIpc) is 3.00. The zero-order valence-electron chi connectivity index (χ0n) is 16.3. The van der Waals surface area contributed by atoms with Crippen molar-refractivity contribution in [2.75, 3.05) is 13.1 Å². The number of nitrogens with one attached hydrogen (secondary N) is 1. The van der Waals surface area contributed by atoms with Gasteiger partial charge in [0.25, 0.3) is 5.91 Å². The second kappa shape index (κ2) is 10.9. The minimum absolute atomic E-state index is 0.117. The van der Waals surface area contributed by atoms with Gasteiger partial charge in [-0.25, -0.2) is 4.98 Å². The van der Waals surface area contributed by atoms with Crippen molar-refractivity contribution < 1.29 is 14.0 Å². The van der Waals surface area contributed by atoms with E-state index >= 15 is 0 Å². The summed E-state index contributed by atoms with van der Waals surface area (Å²) in [5.41, 5.74) is 0.263. The van der Waals surface area contributed by atoms with E-state index in [1.807, 2.05) is 13.8 Å². The van der Waals surface area contributed by atoms with Crippen LogP contribution < -0.4 is 5.32 Å². The first-order chi connectivity index (χ1) is 11.8. The Morgan fingerprint density at radius 3 is 2.52 bits per heavy atom. The number of oxazole rings is 1. The molecule has 0 aliphatic heterocycles. The van der Waals surface area contributed by atoms with Gasteiger partial charge in [-0.15, -0.1) is 0 Å². The lowest BCUT2D eigenvalue weighted by atomic mass is 10.1. The summed E-state index contributed by atoms with van der Waals surface area (Å²) in [6.07, 6.45) is 4.95. The molecule has 0 aromatic carbocycles. The molecule has 0 aliphatic rings. The third kappa shape index (κ3) is 8.18. The molecule has 2 amide bonds. The number of hydrogen-bond donors (Lipinski definition) is 1. The summed E-state index contributed by atoms with van der Waals surface area (Å²) >= 11 is 0. The molecule has 0 aliphatic carbocycles. The predicted octanol–water partition coefficient (Wildman–Crippen LogP) is 3.63. The maximum absolute atomic E-state index is 12.5. The molecule has 6 nitrogen and oxygen atoms in total. The Labute approximate surface area is 151 Å². The maximum atomic E-state index is 12.5. The number of carbonyl (C=O) groups excluding carboxylic acids is 2. The van der Waals surface area contributed by atoms with Gasteiger partial charge in [-0.3, -0.25) is 9.59 Å². The molecule has 0 fully saturated rings. The summed E-state index contributed by atoms with van der Waals surface area (Å²) in [5.74, 6) is 1.01. The number of hydrogen-bond acceptors (Lipinski definition) is 4. The van der Waals surface area contributed by atoms with Gasteiger partial charge in [0.15, 0.2) is 5.69 Å². The molecule has 1 N–H and O–H groups in total. The lowest BCUT2D eigenvalue weighted by Crippen LogP contribution is -2.33. The molecule has 0 saturated heterocycles. The van der Waals surface area contributed by atoms with E-state index in [1.54, 1.807) is 4.90 Å². The van der Waals surface area contributed by atoms with Gasteiger partial charge in [-0.2, -0.15) is 0 Å². The predicted molar refractivity (Wildman–Crippen MR) is 98.1 cm³/mol. The van der Waals surface area contributed by atoms with E-state index < -0.39 is 0 Å². The van der Waals surface area contributed by atoms with E-state index in [9.17, 15) is 9.59 Å². The van der Waals surface area contributed by atoms with Gasteiger partial charge in [0, 0.05) is 19.5 Å². The molecule has 25 heavy (non-hydrogen) atoms. The molecule has 0 radical (unpaired) electrons. The van der Waals surface area contributed by atoms with E-state index in [0.717, 1.165) is 19.3 Å². The van der Waals surface area contributed by atoms with Crippen LogP contribution in [0.15, 0.2) is 10.7 Å². The second-order valence-corrected chi connectivity index (χ2v) is 7.36. The van der Waals surface area contributed by atoms with Crippen molar-refractivity contribution in [1.29, 1.82) is 0 Å². The number of rotatable bonds is 11. The first-order valence-electron chi connectivity index (χ1n) is 9.33. The monoisotopic (exact) mass is 351 g/mol. The Balaban J connectivity index is 2.67. The molecular weight excluding hydrogens is 318 g/mol. The van der Waals surface area contributed by atoms with Crippen LogP contribution in [0.1, 0.15) is 76.7 Å². The summed E-state index contributed by atoms with van der Waals surface area (Å²) in [6, 6.07) is 0. The fourth-order valence-electron chi connectivity index (χ4n) is 2.42. The van der Waals surface area contributed by atoms with E-state index in [0.29, 0.717) is 43.8 Å². The molecule has 142 valence electrons. The van der Waals surface area contributed by atoms with Crippen molar-refractivity contribution in [1.82, 2.24) is 15.2 Å². The molecule has 1 rings (SSSR count). The molecule has 0 saturated carbocycles. The normalized spacial score (nSPS) is 11.2. The highest BCUT2D eigenvalue weighted by atomic mass is 16.3. The fourth-order valence-corrected chi connectivity index (χ4v) is 2.42. The SMILES string of the molecule is CCCCCC(=O)N(Cc1nc(C(=O)NCC(C)C)co1)CC(C)C. The molecular formula is C19H33N3O3. The van der Waals surface area contributed by atoms with E-state index in [-0.39, 0.29) is 17.5 Å². The van der Waals surface area contributed by atoms with Crippen molar-refractivity contribution in [3.8, 4) is 0 Å². The Morgan fingerprint density at radius 1 is 1.20 bits per heavy atom. The number of amides is 2.